The number of benzene rings is 2. The molecule has 1 radical (unpaired) electrons. The Balaban J connectivity index is 2.13. The predicted octanol–water partition coefficient (Wildman–Crippen LogP) is 4.41. The first-order valence-electron chi connectivity index (χ1n) is 6.08. The molecule has 0 aliphatic heterocycles. The normalized spacial score (nSPS) is 12.1. The van der Waals surface area contributed by atoms with E-state index in [1.165, 1.54) is 5.56 Å². The summed E-state index contributed by atoms with van der Waals surface area (Å²) in [5.41, 5.74) is 1.23. The van der Waals surface area contributed by atoms with Crippen LogP contribution in [-0.4, -0.2) is 0 Å². The van der Waals surface area contributed by atoms with Gasteiger partial charge in [-0.25, -0.2) is 0 Å². The average Bonchev–Trinajstić information content (AvgIpc) is 2.40. The molecule has 0 aliphatic carbocycles. The Bertz CT molecular complexity index is 422. The highest BCUT2D eigenvalue weighted by Crippen LogP contribution is 2.25. The molecule has 2 aromatic carbocycles. The second kappa shape index (κ2) is 6.09. The second-order valence-electron chi connectivity index (χ2n) is 4.03. The van der Waals surface area contributed by atoms with Gasteiger partial charge in [0.15, 0.2) is 0 Å². The van der Waals surface area contributed by atoms with Gasteiger partial charge in [-0.2, -0.15) is 0 Å². The Morgan fingerprint density at radius 3 is 2.47 bits per heavy atom. The van der Waals surface area contributed by atoms with E-state index in [4.69, 9.17) is 4.74 Å². The number of hydrogen-bond acceptors (Lipinski definition) is 1. The topological polar surface area (TPSA) is 9.23 Å². The van der Waals surface area contributed by atoms with Crippen molar-refractivity contribution in [1.29, 1.82) is 0 Å². The van der Waals surface area contributed by atoms with Gasteiger partial charge in [0.2, 0.25) is 0 Å². The van der Waals surface area contributed by atoms with E-state index in [2.05, 4.69) is 37.3 Å². The minimum absolute atomic E-state index is 0.125. The summed E-state index contributed by atoms with van der Waals surface area (Å²) in [6.45, 7) is 2.17. The van der Waals surface area contributed by atoms with E-state index in [0.717, 1.165) is 18.6 Å². The zero-order valence-electron chi connectivity index (χ0n) is 10.1. The molecular formula is C16H17O. The molecule has 0 amide bonds. The Kier molecular flexibility index (Phi) is 4.20. The molecule has 0 spiro atoms. The summed E-state index contributed by atoms with van der Waals surface area (Å²) in [4.78, 5) is 0. The lowest BCUT2D eigenvalue weighted by atomic mass is 10.1. The van der Waals surface area contributed by atoms with E-state index in [-0.39, 0.29) is 6.10 Å². The zero-order valence-corrected chi connectivity index (χ0v) is 10.1. The van der Waals surface area contributed by atoms with Crippen molar-refractivity contribution in [1.82, 2.24) is 0 Å². The van der Waals surface area contributed by atoms with Crippen molar-refractivity contribution in [3.05, 3.63) is 66.2 Å². The maximum Gasteiger partial charge on any atom is 0.128 e. The largest absolute Gasteiger partial charge is 0.485 e. The number of hydrogen-bond donors (Lipinski definition) is 0. The highest BCUT2D eigenvalue weighted by atomic mass is 16.5. The summed E-state index contributed by atoms with van der Waals surface area (Å²) < 4.78 is 5.99. The van der Waals surface area contributed by atoms with E-state index in [1.54, 1.807) is 0 Å². The van der Waals surface area contributed by atoms with Crippen LogP contribution in [0.2, 0.25) is 0 Å². The van der Waals surface area contributed by atoms with Crippen LogP contribution < -0.4 is 4.74 Å². The monoisotopic (exact) mass is 225 g/mol. The van der Waals surface area contributed by atoms with Crippen molar-refractivity contribution in [2.75, 3.05) is 0 Å². The average molecular weight is 225 g/mol. The minimum atomic E-state index is 0.125. The quantitative estimate of drug-likeness (QED) is 0.732. The molecule has 0 N–H and O–H groups in total. The Morgan fingerprint density at radius 2 is 1.82 bits per heavy atom. The fourth-order valence-corrected chi connectivity index (χ4v) is 1.83. The molecule has 1 atom stereocenters. The van der Waals surface area contributed by atoms with Crippen molar-refractivity contribution in [3.8, 4) is 5.75 Å². The SMILES string of the molecule is CCCC(Oc1[c]cccc1)c1ccccc1. The third-order valence-electron chi connectivity index (χ3n) is 2.67. The molecule has 2 rings (SSSR count). The molecule has 1 heteroatoms. The van der Waals surface area contributed by atoms with Gasteiger partial charge in [0.1, 0.15) is 11.9 Å². The van der Waals surface area contributed by atoms with Crippen molar-refractivity contribution < 1.29 is 4.74 Å². The van der Waals surface area contributed by atoms with E-state index >= 15 is 0 Å². The summed E-state index contributed by atoms with van der Waals surface area (Å²) in [5.74, 6) is 0.815. The number of rotatable bonds is 5. The molecule has 0 aromatic heterocycles. The smallest absolute Gasteiger partial charge is 0.128 e. The standard InChI is InChI=1S/C16H17O/c1-2-9-16(14-10-5-3-6-11-14)17-15-12-7-4-8-13-15/h3-8,10-12,16H,2,9H2,1H3. The molecule has 87 valence electrons. The first-order valence-corrected chi connectivity index (χ1v) is 6.08. The maximum atomic E-state index is 5.99. The van der Waals surface area contributed by atoms with E-state index in [9.17, 15) is 0 Å². The molecule has 2 aromatic rings. The van der Waals surface area contributed by atoms with E-state index < -0.39 is 0 Å². The van der Waals surface area contributed by atoms with Gasteiger partial charge in [0.05, 0.1) is 0 Å². The van der Waals surface area contributed by atoms with Crippen LogP contribution in [0.1, 0.15) is 31.4 Å². The van der Waals surface area contributed by atoms with Crippen LogP contribution in [0.3, 0.4) is 0 Å². The third-order valence-corrected chi connectivity index (χ3v) is 2.67. The summed E-state index contributed by atoms with van der Waals surface area (Å²) in [5, 5.41) is 0. The third kappa shape index (κ3) is 3.35. The lowest BCUT2D eigenvalue weighted by Crippen LogP contribution is -2.07. The van der Waals surface area contributed by atoms with Gasteiger partial charge in [-0.15, -0.1) is 0 Å². The lowest BCUT2D eigenvalue weighted by Gasteiger charge is -2.18. The molecule has 17 heavy (non-hydrogen) atoms. The Labute approximate surface area is 103 Å². The van der Waals surface area contributed by atoms with Crippen LogP contribution in [0.15, 0.2) is 54.6 Å². The van der Waals surface area contributed by atoms with E-state index in [0.29, 0.717) is 0 Å². The first kappa shape index (κ1) is 11.7. The second-order valence-corrected chi connectivity index (χ2v) is 4.03. The van der Waals surface area contributed by atoms with Crippen LogP contribution >= 0.6 is 0 Å². The summed E-state index contributed by atoms with van der Waals surface area (Å²) in [7, 11) is 0. The molecule has 0 fully saturated rings. The molecule has 0 heterocycles. The van der Waals surface area contributed by atoms with Gasteiger partial charge in [0, 0.05) is 6.07 Å². The molecule has 1 unspecified atom stereocenters. The Hall–Kier alpha value is -1.76. The Morgan fingerprint density at radius 1 is 1.06 bits per heavy atom. The highest BCUT2D eigenvalue weighted by Gasteiger charge is 2.11. The van der Waals surface area contributed by atoms with Crippen LogP contribution in [-0.2, 0) is 0 Å². The molecule has 0 saturated carbocycles. The summed E-state index contributed by atoms with van der Waals surface area (Å²) >= 11 is 0. The summed E-state index contributed by atoms with van der Waals surface area (Å²) in [6.07, 6.45) is 2.25. The van der Waals surface area contributed by atoms with Gasteiger partial charge in [-0.1, -0.05) is 61.9 Å². The molecule has 1 nitrogen and oxygen atoms in total. The van der Waals surface area contributed by atoms with Crippen LogP contribution in [0, 0.1) is 6.07 Å². The summed E-state index contributed by atoms with van der Waals surface area (Å²) in [6, 6.07) is 21.2. The van der Waals surface area contributed by atoms with Gasteiger partial charge in [-0.3, -0.25) is 0 Å². The molecular weight excluding hydrogens is 208 g/mol. The zero-order chi connectivity index (χ0) is 11.9. The van der Waals surface area contributed by atoms with Gasteiger partial charge in [0.25, 0.3) is 0 Å². The fourth-order valence-electron chi connectivity index (χ4n) is 1.83. The van der Waals surface area contributed by atoms with Gasteiger partial charge >= 0.3 is 0 Å². The van der Waals surface area contributed by atoms with Crippen molar-refractivity contribution in [3.63, 3.8) is 0 Å². The number of para-hydroxylation sites is 1. The van der Waals surface area contributed by atoms with Crippen molar-refractivity contribution in [2.45, 2.75) is 25.9 Å². The molecule has 0 aliphatic rings. The predicted molar refractivity (Wildman–Crippen MR) is 70.0 cm³/mol. The van der Waals surface area contributed by atoms with Gasteiger partial charge in [-0.05, 0) is 18.1 Å². The molecule has 0 saturated heterocycles. The van der Waals surface area contributed by atoms with Crippen LogP contribution in [0.5, 0.6) is 5.75 Å². The molecule has 0 bridgehead atoms. The van der Waals surface area contributed by atoms with Gasteiger partial charge < -0.3 is 4.74 Å². The lowest BCUT2D eigenvalue weighted by molar-refractivity contribution is 0.193. The maximum absolute atomic E-state index is 5.99. The first-order chi connectivity index (χ1) is 8.40. The van der Waals surface area contributed by atoms with Crippen molar-refractivity contribution in [2.24, 2.45) is 0 Å². The van der Waals surface area contributed by atoms with Crippen LogP contribution in [0.4, 0.5) is 0 Å². The van der Waals surface area contributed by atoms with E-state index in [1.807, 2.05) is 30.3 Å². The minimum Gasteiger partial charge on any atom is -0.485 e. The highest BCUT2D eigenvalue weighted by molar-refractivity contribution is 5.23. The van der Waals surface area contributed by atoms with Crippen molar-refractivity contribution >= 4 is 0 Å². The number of ether oxygens (including phenoxy) is 1. The fraction of sp³-hybridized carbons (Fsp3) is 0.250. The van der Waals surface area contributed by atoms with Crippen LogP contribution in [0.25, 0.3) is 0 Å².